The Morgan fingerprint density at radius 1 is 0.932 bits per heavy atom. The van der Waals surface area contributed by atoms with Gasteiger partial charge >= 0.3 is 29.0 Å². The van der Waals surface area contributed by atoms with Crippen LogP contribution in [0.15, 0.2) is 53.1 Å². The van der Waals surface area contributed by atoms with Crippen molar-refractivity contribution in [3.63, 3.8) is 0 Å². The largest absolute Gasteiger partial charge is 2.00 e. The van der Waals surface area contributed by atoms with E-state index in [1.807, 2.05) is 45.0 Å². The van der Waals surface area contributed by atoms with Crippen LogP contribution in [0.3, 0.4) is 0 Å². The van der Waals surface area contributed by atoms with Gasteiger partial charge in [-0.25, -0.2) is 9.97 Å². The van der Waals surface area contributed by atoms with Gasteiger partial charge in [-0.2, -0.15) is 0 Å². The van der Waals surface area contributed by atoms with Crippen LogP contribution in [-0.2, 0) is 27.2 Å². The van der Waals surface area contributed by atoms with E-state index in [-0.39, 0.29) is 66.1 Å². The standard InChI is InChI=1S/C49H59N4O5.Mg/c1-10-33-37(26-54)42-25-43-46(32(9)55)31(8)39(50-43)23-38-30(7)35(18-19-45(57)58-21-20-29(6)17-13-16-28(5)15-12-14-27(3)4)48(52-38)36-22-44(56)47-34(11-2)41(53-49(36)47)24-40(33)51-42;/h14,16,20,23-26,30,32,35,55H,10-13,15,17-19,21-22H2,1-9H3,(H-,50,51,52,53,54,56);/q-1;+2/p+1/b28-16+,29-20+;/t30-,32+,35-;/m0./s1. The van der Waals surface area contributed by atoms with E-state index in [4.69, 9.17) is 14.7 Å². The quantitative estimate of drug-likeness (QED) is 0.0701. The number of aliphatic hydroxyl groups excluding tert-OH is 1. The first-order valence-electron chi connectivity index (χ1n) is 21.1. The minimum atomic E-state index is -0.798. The van der Waals surface area contributed by atoms with Crippen LogP contribution in [0, 0.1) is 6.92 Å². The number of rotatable bonds is 15. The number of aromatic amines is 2. The van der Waals surface area contributed by atoms with Crippen LogP contribution in [0.25, 0.3) is 33.2 Å². The van der Waals surface area contributed by atoms with E-state index in [1.165, 1.54) is 16.7 Å². The van der Waals surface area contributed by atoms with Crippen molar-refractivity contribution < 1.29 is 34.2 Å². The molecule has 5 heterocycles. The number of aromatic nitrogens is 4. The number of nitrogens with zero attached hydrogens (tertiary/aromatic N) is 2. The van der Waals surface area contributed by atoms with Gasteiger partial charge in [0.05, 0.1) is 23.5 Å². The van der Waals surface area contributed by atoms with E-state index in [1.54, 1.807) is 6.92 Å². The van der Waals surface area contributed by atoms with Gasteiger partial charge in [0.1, 0.15) is 6.61 Å². The molecular weight excluding hydrogens is 749 g/mol. The second-order valence-corrected chi connectivity index (χ2v) is 16.5. The molecule has 3 aliphatic rings. The molecule has 59 heavy (non-hydrogen) atoms. The fourth-order valence-electron chi connectivity index (χ4n) is 8.87. The summed E-state index contributed by atoms with van der Waals surface area (Å²) in [6.45, 7) is 18.6. The summed E-state index contributed by atoms with van der Waals surface area (Å²) < 4.78 is 5.73. The monoisotopic (exact) mass is 808 g/mol. The van der Waals surface area contributed by atoms with Crippen LogP contribution in [0.4, 0.5) is 0 Å². The Kier molecular flexibility index (Phi) is 15.3. The molecule has 3 aromatic rings. The van der Waals surface area contributed by atoms with Crippen LogP contribution < -0.4 is 19.9 Å². The third-order valence-electron chi connectivity index (χ3n) is 12.1. The fourth-order valence-corrected chi connectivity index (χ4v) is 8.87. The van der Waals surface area contributed by atoms with E-state index < -0.39 is 6.10 Å². The minimum Gasteiger partial charge on any atom is -0.657 e. The number of carbonyl (C=O) groups excluding carboxylic acids is 3. The molecule has 0 radical (unpaired) electrons. The molecule has 0 amide bonds. The molecule has 1 aliphatic carbocycles. The van der Waals surface area contributed by atoms with E-state index in [0.717, 1.165) is 71.3 Å². The average molecular weight is 809 g/mol. The average Bonchev–Trinajstić information content (AvgIpc) is 3.94. The van der Waals surface area contributed by atoms with Crippen molar-refractivity contribution in [1.29, 1.82) is 0 Å². The van der Waals surface area contributed by atoms with Crippen molar-refractivity contribution in [2.45, 2.75) is 138 Å². The molecule has 9 nitrogen and oxygen atoms in total. The summed E-state index contributed by atoms with van der Waals surface area (Å²) in [6.07, 6.45) is 12.9. The molecule has 3 atom stereocenters. The van der Waals surface area contributed by atoms with E-state index >= 15 is 0 Å². The zero-order valence-electron chi connectivity index (χ0n) is 36.5. The van der Waals surface area contributed by atoms with E-state index in [2.05, 4.69) is 56.7 Å². The van der Waals surface area contributed by atoms with Crippen molar-refractivity contribution in [2.24, 2.45) is 0 Å². The van der Waals surface area contributed by atoms with Gasteiger partial charge in [-0.1, -0.05) is 60.8 Å². The summed E-state index contributed by atoms with van der Waals surface area (Å²) in [5.74, 6) is -0.372. The number of ether oxygens (including phenoxy) is 1. The molecule has 306 valence electrons. The third-order valence-corrected chi connectivity index (χ3v) is 12.1. The maximum Gasteiger partial charge on any atom is 2.00 e. The van der Waals surface area contributed by atoms with Crippen molar-refractivity contribution in [1.82, 2.24) is 9.97 Å². The SMILES string of the molecule is CCC1=C(C=O)c2cc3[n-]c(cc4[nH+]c(c5c6[n-]c(cc1[nH+]2)c(CC)c6C(=O)C5)[C@@H](CCC(=O)OC/C=C(\C)CC/C=C(\C)CCC=C(C)C)[C@@H]4C)c(C)c3[C@@H](C)O.[Mg+2]. The summed E-state index contributed by atoms with van der Waals surface area (Å²) in [5, 5.41) is 11.0. The van der Waals surface area contributed by atoms with Gasteiger partial charge in [-0.05, 0) is 116 Å². The number of allylic oxidation sites excluding steroid dienone is 7. The van der Waals surface area contributed by atoms with E-state index in [9.17, 15) is 19.5 Å². The van der Waals surface area contributed by atoms with Crippen molar-refractivity contribution in [3.8, 4) is 0 Å². The molecule has 0 unspecified atom stereocenters. The number of hydrogen-bond donors (Lipinski definition) is 1. The van der Waals surface area contributed by atoms with Crippen molar-refractivity contribution in [3.05, 3.63) is 104 Å². The van der Waals surface area contributed by atoms with Crippen molar-refractivity contribution >= 4 is 74.3 Å². The molecule has 6 rings (SSSR count). The molecule has 8 bridgehead atoms. The van der Waals surface area contributed by atoms with Crippen molar-refractivity contribution in [2.75, 3.05) is 6.61 Å². The smallest absolute Gasteiger partial charge is 0.657 e. The summed E-state index contributed by atoms with van der Waals surface area (Å²) in [7, 11) is 0. The predicted molar refractivity (Wildman–Crippen MR) is 235 cm³/mol. The third kappa shape index (κ3) is 9.82. The first kappa shape index (κ1) is 45.7. The molecule has 3 aromatic heterocycles. The molecule has 3 N–H and O–H groups in total. The zero-order valence-corrected chi connectivity index (χ0v) is 37.9. The molecule has 0 saturated heterocycles. The molecule has 0 saturated carbocycles. The Balaban J connectivity index is 0.00000661. The number of fused-ring (bicyclic) bond motifs is 8. The van der Waals surface area contributed by atoms with Gasteiger partial charge in [0.15, 0.2) is 23.5 Å². The van der Waals surface area contributed by atoms with Gasteiger partial charge in [-0.15, -0.1) is 22.1 Å². The number of aryl methyl sites for hydroxylation is 2. The molecule has 2 aliphatic heterocycles. The topological polar surface area (TPSA) is 137 Å². The summed E-state index contributed by atoms with van der Waals surface area (Å²) >= 11 is 0. The molecule has 0 aromatic carbocycles. The number of esters is 1. The predicted octanol–water partition coefficient (Wildman–Crippen LogP) is 8.84. The summed E-state index contributed by atoms with van der Waals surface area (Å²) in [6, 6.07) is 5.82. The number of aliphatic hydroxyl groups is 1. The number of nitrogens with one attached hydrogen (secondary N) is 2. The number of H-pyrrole nitrogens is 2. The van der Waals surface area contributed by atoms with Gasteiger partial charge in [0.2, 0.25) is 11.4 Å². The van der Waals surface area contributed by atoms with Crippen LogP contribution in [0.5, 0.6) is 0 Å². The Hall–Kier alpha value is -4.38. The van der Waals surface area contributed by atoms with Gasteiger partial charge in [0, 0.05) is 29.5 Å². The fraction of sp³-hybridized carbons (Fsp3) is 0.449. The number of ketones is 1. The van der Waals surface area contributed by atoms with Gasteiger partial charge < -0.3 is 19.8 Å². The number of carbonyl (C=O) groups is 3. The van der Waals surface area contributed by atoms with Gasteiger partial charge in [-0.3, -0.25) is 14.4 Å². The number of aldehydes is 1. The summed E-state index contributed by atoms with van der Waals surface area (Å²) in [4.78, 5) is 57.0. The second kappa shape index (κ2) is 19.8. The summed E-state index contributed by atoms with van der Waals surface area (Å²) in [5.41, 5.74) is 15.2. The Bertz CT molecular complexity index is 2420. The molecule has 0 spiro atoms. The molecule has 0 fully saturated rings. The Labute approximate surface area is 365 Å². The minimum absolute atomic E-state index is 0. The van der Waals surface area contributed by atoms with Crippen LogP contribution in [0.2, 0.25) is 0 Å². The Morgan fingerprint density at radius 2 is 1.63 bits per heavy atom. The maximum atomic E-state index is 13.9. The number of hydrogen-bond acceptors (Lipinski definition) is 5. The van der Waals surface area contributed by atoms with E-state index in [0.29, 0.717) is 63.7 Å². The molecule has 10 heteroatoms. The normalized spacial score (nSPS) is 16.9. The second-order valence-electron chi connectivity index (χ2n) is 16.5. The molecular formula is C49H60MgN4O5+2. The van der Waals surface area contributed by atoms with Crippen LogP contribution in [0.1, 0.15) is 174 Å². The van der Waals surface area contributed by atoms with Crippen LogP contribution in [-0.4, -0.2) is 52.8 Å². The first-order chi connectivity index (χ1) is 27.8. The first-order valence-corrected chi connectivity index (χ1v) is 21.1. The number of Topliss-reactive ketones (excluding diaryl/α,β-unsaturated/α-hetero) is 1. The Morgan fingerprint density at radius 3 is 2.29 bits per heavy atom. The maximum absolute atomic E-state index is 13.9. The van der Waals surface area contributed by atoms with Crippen LogP contribution >= 0.6 is 0 Å². The van der Waals surface area contributed by atoms with Gasteiger partial charge in [0.25, 0.3) is 0 Å². The zero-order chi connectivity index (χ0) is 41.8.